The molecule has 0 aromatic heterocycles. The van der Waals surface area contributed by atoms with Crippen LogP contribution in [-0.4, -0.2) is 110 Å². The summed E-state index contributed by atoms with van der Waals surface area (Å²) in [6.45, 7) is 4.39. The van der Waals surface area contributed by atoms with Gasteiger partial charge in [-0.2, -0.15) is 0 Å². The van der Waals surface area contributed by atoms with Crippen LogP contribution in [0, 0.1) is 0 Å². The van der Waals surface area contributed by atoms with Gasteiger partial charge in [0.1, 0.15) is 0 Å². The van der Waals surface area contributed by atoms with Crippen LogP contribution in [0.1, 0.15) is 44.9 Å². The molecule has 188 valence electrons. The summed E-state index contributed by atoms with van der Waals surface area (Å²) in [6.07, 6.45) is 8.48. The summed E-state index contributed by atoms with van der Waals surface area (Å²) < 4.78 is 32.9. The molecule has 0 saturated carbocycles. The summed E-state index contributed by atoms with van der Waals surface area (Å²) >= 11 is 0. The van der Waals surface area contributed by atoms with Crippen LogP contribution in [0.5, 0.6) is 0 Å². The van der Waals surface area contributed by atoms with Crippen LogP contribution in [0.2, 0.25) is 12.1 Å². The summed E-state index contributed by atoms with van der Waals surface area (Å²) in [5, 5.41) is 0. The first-order chi connectivity index (χ1) is 14.9. The lowest BCUT2D eigenvalue weighted by atomic mass is 10.1. The Morgan fingerprint density at radius 2 is 0.677 bits per heavy atom. The van der Waals surface area contributed by atoms with Gasteiger partial charge in [-0.15, -0.1) is 0 Å². The predicted octanol–water partition coefficient (Wildman–Crippen LogP) is 3.34. The monoisotopic (exact) mass is 482 g/mol. The molecule has 0 spiro atoms. The molecule has 0 radical (unpaired) electrons. The van der Waals surface area contributed by atoms with Crippen molar-refractivity contribution in [2.75, 3.05) is 82.9 Å². The Hall–Kier alpha value is 0.114. The van der Waals surface area contributed by atoms with E-state index in [-0.39, 0.29) is 0 Å². The molecule has 0 aliphatic rings. The lowest BCUT2D eigenvalue weighted by Gasteiger charge is -2.25. The smallest absolute Gasteiger partial charge is 0.377 e. The molecule has 31 heavy (non-hydrogen) atoms. The first kappa shape index (κ1) is 31.1. The maximum absolute atomic E-state index is 5.48. The third-order valence-corrected chi connectivity index (χ3v) is 11.7. The van der Waals surface area contributed by atoms with E-state index in [1.807, 2.05) is 0 Å². The Kier molecular flexibility index (Phi) is 18.6. The van der Waals surface area contributed by atoms with Crippen LogP contribution in [-0.2, 0) is 26.6 Å². The molecule has 0 N–H and O–H groups in total. The van der Waals surface area contributed by atoms with Gasteiger partial charge in [0.25, 0.3) is 0 Å². The van der Waals surface area contributed by atoms with Gasteiger partial charge in [-0.05, 0) is 66.0 Å². The summed E-state index contributed by atoms with van der Waals surface area (Å²) in [4.78, 5) is 4.80. The Bertz CT molecular complexity index is 363. The molecule has 0 unspecified atom stereocenters. The van der Waals surface area contributed by atoms with Gasteiger partial charge in [0.15, 0.2) is 0 Å². The van der Waals surface area contributed by atoms with E-state index < -0.39 is 17.6 Å². The minimum absolute atomic E-state index is 0.861. The molecular formula is C21H50N2O6Si2. The van der Waals surface area contributed by atoms with E-state index in [1.54, 1.807) is 42.7 Å². The highest BCUT2D eigenvalue weighted by Crippen LogP contribution is 2.16. The summed E-state index contributed by atoms with van der Waals surface area (Å²) in [5.41, 5.74) is 0. The second kappa shape index (κ2) is 18.5. The summed E-state index contributed by atoms with van der Waals surface area (Å²) in [7, 11) is 9.61. The zero-order chi connectivity index (χ0) is 23.6. The van der Waals surface area contributed by atoms with Gasteiger partial charge in [-0.3, -0.25) is 0 Å². The van der Waals surface area contributed by atoms with E-state index in [4.69, 9.17) is 26.6 Å². The molecule has 0 amide bonds. The molecule has 0 atom stereocenters. The van der Waals surface area contributed by atoms with E-state index in [1.165, 1.54) is 32.1 Å². The Labute approximate surface area is 194 Å². The fourth-order valence-electron chi connectivity index (χ4n) is 3.76. The lowest BCUT2D eigenvalue weighted by molar-refractivity contribution is 0.121. The van der Waals surface area contributed by atoms with Crippen molar-refractivity contribution in [1.29, 1.82) is 0 Å². The van der Waals surface area contributed by atoms with Crippen molar-refractivity contribution in [1.82, 2.24) is 9.80 Å². The van der Waals surface area contributed by atoms with E-state index in [0.717, 1.165) is 51.1 Å². The van der Waals surface area contributed by atoms with E-state index in [9.17, 15) is 0 Å². The number of hydrogen-bond donors (Lipinski definition) is 0. The van der Waals surface area contributed by atoms with Crippen LogP contribution in [0.4, 0.5) is 0 Å². The highest BCUT2D eigenvalue weighted by Gasteiger charge is 2.37. The Morgan fingerprint density at radius 3 is 0.968 bits per heavy atom. The van der Waals surface area contributed by atoms with Gasteiger partial charge in [0, 0.05) is 54.7 Å². The number of nitrogens with zero attached hydrogens (tertiary/aromatic N) is 2. The number of unbranched alkanes of at least 4 members (excludes halogenated alkanes) is 4. The molecular weight excluding hydrogens is 432 g/mol. The third-order valence-electron chi connectivity index (χ3n) is 5.99. The zero-order valence-electron chi connectivity index (χ0n) is 21.5. The third kappa shape index (κ3) is 13.4. The van der Waals surface area contributed by atoms with E-state index in [0.29, 0.717) is 0 Å². The van der Waals surface area contributed by atoms with Crippen molar-refractivity contribution in [2.45, 2.75) is 57.0 Å². The van der Waals surface area contributed by atoms with Crippen molar-refractivity contribution in [3.63, 3.8) is 0 Å². The number of hydrogen-bond acceptors (Lipinski definition) is 8. The van der Waals surface area contributed by atoms with Crippen molar-refractivity contribution in [3.8, 4) is 0 Å². The molecule has 0 bridgehead atoms. The van der Waals surface area contributed by atoms with Crippen LogP contribution in [0.25, 0.3) is 0 Å². The van der Waals surface area contributed by atoms with Crippen LogP contribution in [0.15, 0.2) is 0 Å². The van der Waals surface area contributed by atoms with Crippen LogP contribution >= 0.6 is 0 Å². The first-order valence-corrected chi connectivity index (χ1v) is 15.4. The van der Waals surface area contributed by atoms with E-state index in [2.05, 4.69) is 23.9 Å². The standard InChI is InChI=1S/C21H50N2O6Si2/c1-22(18-14-20-30(24-3,25-4)26-5)16-12-10-9-11-13-17-23(2)19-15-21-31(27-6,28-7)29-8/h9-21H2,1-8H3. The van der Waals surface area contributed by atoms with Gasteiger partial charge >= 0.3 is 17.6 Å². The van der Waals surface area contributed by atoms with Gasteiger partial charge in [-0.25, -0.2) is 0 Å². The maximum Gasteiger partial charge on any atom is 0.500 e. The molecule has 0 aliphatic carbocycles. The summed E-state index contributed by atoms with van der Waals surface area (Å²) in [6, 6.07) is 1.72. The van der Waals surface area contributed by atoms with Crippen molar-refractivity contribution >= 4 is 17.6 Å². The SMILES string of the molecule is CO[Si](CCCN(C)CCCCCCCN(C)CCC[Si](OC)(OC)OC)(OC)OC. The van der Waals surface area contributed by atoms with E-state index >= 15 is 0 Å². The molecule has 0 rings (SSSR count). The fraction of sp³-hybridized carbons (Fsp3) is 1.00. The molecule has 10 heteroatoms. The second-order valence-electron chi connectivity index (χ2n) is 8.17. The zero-order valence-corrected chi connectivity index (χ0v) is 23.5. The Morgan fingerprint density at radius 1 is 0.419 bits per heavy atom. The van der Waals surface area contributed by atoms with Crippen molar-refractivity contribution < 1.29 is 26.6 Å². The largest absolute Gasteiger partial charge is 0.500 e. The lowest BCUT2D eigenvalue weighted by Crippen LogP contribution is -2.43. The highest BCUT2D eigenvalue weighted by atomic mass is 28.4. The minimum atomic E-state index is -2.42. The normalized spacial score (nSPS) is 13.0. The number of rotatable bonds is 22. The molecule has 0 aliphatic heterocycles. The molecule has 0 heterocycles. The summed E-state index contributed by atoms with van der Waals surface area (Å²) in [5.74, 6) is 0. The van der Waals surface area contributed by atoms with Crippen LogP contribution in [0.3, 0.4) is 0 Å². The second-order valence-corrected chi connectivity index (χ2v) is 14.4. The maximum atomic E-state index is 5.48. The average molecular weight is 483 g/mol. The van der Waals surface area contributed by atoms with Gasteiger partial charge in [-0.1, -0.05) is 19.3 Å². The van der Waals surface area contributed by atoms with Crippen molar-refractivity contribution in [2.24, 2.45) is 0 Å². The molecule has 0 aromatic carbocycles. The highest BCUT2D eigenvalue weighted by molar-refractivity contribution is 6.60. The molecule has 0 aromatic rings. The predicted molar refractivity (Wildman–Crippen MR) is 130 cm³/mol. The molecule has 0 fully saturated rings. The van der Waals surface area contributed by atoms with Crippen molar-refractivity contribution in [3.05, 3.63) is 0 Å². The first-order valence-electron chi connectivity index (χ1n) is 11.5. The van der Waals surface area contributed by atoms with Gasteiger partial charge in [0.2, 0.25) is 0 Å². The minimum Gasteiger partial charge on any atom is -0.377 e. The average Bonchev–Trinajstić information content (AvgIpc) is 2.79. The van der Waals surface area contributed by atoms with Crippen LogP contribution < -0.4 is 0 Å². The fourth-order valence-corrected chi connectivity index (χ4v) is 7.17. The molecule has 0 saturated heterocycles. The quantitative estimate of drug-likeness (QED) is 0.172. The topological polar surface area (TPSA) is 61.9 Å². The molecule has 8 nitrogen and oxygen atoms in total. The van der Waals surface area contributed by atoms with Gasteiger partial charge in [0.05, 0.1) is 0 Å². The van der Waals surface area contributed by atoms with Gasteiger partial charge < -0.3 is 36.4 Å². The Balaban J connectivity index is 3.69.